The highest BCUT2D eigenvalue weighted by Crippen LogP contribution is 2.10. The Morgan fingerprint density at radius 1 is 1.24 bits per heavy atom. The number of aromatic nitrogens is 2. The number of rotatable bonds is 2. The molecule has 4 nitrogen and oxygen atoms in total. The summed E-state index contributed by atoms with van der Waals surface area (Å²) in [6, 6.07) is 8.10. The number of anilines is 1. The summed E-state index contributed by atoms with van der Waals surface area (Å²) in [4.78, 5) is 18.3. The second-order valence-electron chi connectivity index (χ2n) is 4.18. The number of aromatic amines is 1. The lowest BCUT2D eigenvalue weighted by Gasteiger charge is -2.05. The minimum Gasteiger partial charge on any atom is -0.369 e. The molecule has 2 aromatic rings. The summed E-state index contributed by atoms with van der Waals surface area (Å²) < 4.78 is 0. The topological polar surface area (TPSA) is 71.8 Å². The van der Waals surface area contributed by atoms with Crippen LogP contribution in [0.2, 0.25) is 0 Å². The summed E-state index contributed by atoms with van der Waals surface area (Å²) in [5, 5.41) is 0. The van der Waals surface area contributed by atoms with Crippen molar-refractivity contribution in [1.29, 1.82) is 0 Å². The molecule has 0 spiro atoms. The first-order valence-corrected chi connectivity index (χ1v) is 5.47. The van der Waals surface area contributed by atoms with E-state index in [2.05, 4.69) is 9.97 Å². The van der Waals surface area contributed by atoms with E-state index in [0.717, 1.165) is 5.56 Å². The maximum atomic E-state index is 11.8. The normalized spacial score (nSPS) is 10.5. The van der Waals surface area contributed by atoms with Crippen LogP contribution in [-0.4, -0.2) is 9.97 Å². The zero-order chi connectivity index (χ0) is 12.4. The van der Waals surface area contributed by atoms with Gasteiger partial charge in [-0.25, -0.2) is 4.98 Å². The van der Waals surface area contributed by atoms with Gasteiger partial charge in [0, 0.05) is 12.0 Å². The summed E-state index contributed by atoms with van der Waals surface area (Å²) >= 11 is 0. The molecule has 17 heavy (non-hydrogen) atoms. The minimum absolute atomic E-state index is 0.157. The van der Waals surface area contributed by atoms with E-state index in [0.29, 0.717) is 17.7 Å². The molecule has 0 saturated carbocycles. The largest absolute Gasteiger partial charge is 0.369 e. The van der Waals surface area contributed by atoms with Gasteiger partial charge in [-0.05, 0) is 19.4 Å². The van der Waals surface area contributed by atoms with Gasteiger partial charge >= 0.3 is 0 Å². The fourth-order valence-corrected chi connectivity index (χ4v) is 1.75. The molecule has 0 aliphatic carbocycles. The molecular weight excluding hydrogens is 214 g/mol. The number of benzene rings is 1. The van der Waals surface area contributed by atoms with Gasteiger partial charge in [-0.1, -0.05) is 29.8 Å². The van der Waals surface area contributed by atoms with Crippen molar-refractivity contribution >= 4 is 5.95 Å². The highest BCUT2D eigenvalue weighted by atomic mass is 16.1. The van der Waals surface area contributed by atoms with Gasteiger partial charge in [-0.2, -0.15) is 0 Å². The summed E-state index contributed by atoms with van der Waals surface area (Å²) in [6.07, 6.45) is 0.578. The van der Waals surface area contributed by atoms with Gasteiger partial charge in [0.1, 0.15) is 0 Å². The molecule has 3 N–H and O–H groups in total. The van der Waals surface area contributed by atoms with Crippen LogP contribution in [0.4, 0.5) is 5.95 Å². The number of nitrogens with zero attached hydrogens (tertiary/aromatic N) is 1. The van der Waals surface area contributed by atoms with Crippen LogP contribution in [0.1, 0.15) is 22.4 Å². The van der Waals surface area contributed by atoms with E-state index < -0.39 is 0 Å². The Balaban J connectivity index is 2.36. The maximum absolute atomic E-state index is 11.8. The number of H-pyrrole nitrogens is 1. The number of hydrogen-bond acceptors (Lipinski definition) is 3. The van der Waals surface area contributed by atoms with Crippen molar-refractivity contribution in [2.24, 2.45) is 0 Å². The van der Waals surface area contributed by atoms with Gasteiger partial charge in [0.2, 0.25) is 5.95 Å². The molecule has 1 aromatic heterocycles. The molecule has 1 heterocycles. The zero-order valence-corrected chi connectivity index (χ0v) is 9.95. The average molecular weight is 229 g/mol. The quantitative estimate of drug-likeness (QED) is 0.820. The highest BCUT2D eigenvalue weighted by Gasteiger charge is 2.07. The molecule has 2 rings (SSSR count). The van der Waals surface area contributed by atoms with E-state index in [-0.39, 0.29) is 11.5 Å². The zero-order valence-electron chi connectivity index (χ0n) is 9.95. The Hall–Kier alpha value is -2.10. The average Bonchev–Trinajstić information content (AvgIpc) is 2.26. The van der Waals surface area contributed by atoms with Crippen molar-refractivity contribution in [3.8, 4) is 0 Å². The van der Waals surface area contributed by atoms with E-state index in [1.165, 1.54) is 5.56 Å². The SMILES string of the molecule is Cc1ccc(Cc2c(C)nc(N)[nH]c2=O)cc1. The Labute approximate surface area is 99.5 Å². The van der Waals surface area contributed by atoms with E-state index >= 15 is 0 Å². The Kier molecular flexibility index (Phi) is 2.95. The Bertz CT molecular complexity index is 585. The molecule has 88 valence electrons. The summed E-state index contributed by atoms with van der Waals surface area (Å²) in [7, 11) is 0. The third kappa shape index (κ3) is 2.53. The number of aryl methyl sites for hydroxylation is 2. The van der Waals surface area contributed by atoms with Crippen molar-refractivity contribution in [3.63, 3.8) is 0 Å². The van der Waals surface area contributed by atoms with Crippen LogP contribution in [0.3, 0.4) is 0 Å². The number of hydrogen-bond donors (Lipinski definition) is 2. The second-order valence-corrected chi connectivity index (χ2v) is 4.18. The fourth-order valence-electron chi connectivity index (χ4n) is 1.75. The van der Waals surface area contributed by atoms with E-state index in [9.17, 15) is 4.79 Å². The van der Waals surface area contributed by atoms with Crippen LogP contribution in [0.15, 0.2) is 29.1 Å². The predicted octanol–water partition coefficient (Wildman–Crippen LogP) is 1.56. The van der Waals surface area contributed by atoms with Crippen molar-refractivity contribution in [2.45, 2.75) is 20.3 Å². The van der Waals surface area contributed by atoms with Gasteiger partial charge in [-0.15, -0.1) is 0 Å². The molecule has 0 unspecified atom stereocenters. The predicted molar refractivity (Wildman–Crippen MR) is 68.0 cm³/mol. The highest BCUT2D eigenvalue weighted by molar-refractivity contribution is 5.31. The third-order valence-electron chi connectivity index (χ3n) is 2.74. The lowest BCUT2D eigenvalue weighted by Crippen LogP contribution is -2.18. The van der Waals surface area contributed by atoms with Gasteiger partial charge < -0.3 is 5.73 Å². The van der Waals surface area contributed by atoms with Crippen LogP contribution in [-0.2, 0) is 6.42 Å². The molecule has 0 radical (unpaired) electrons. The maximum Gasteiger partial charge on any atom is 0.256 e. The second kappa shape index (κ2) is 4.41. The first-order chi connectivity index (χ1) is 8.06. The summed E-state index contributed by atoms with van der Waals surface area (Å²) in [6.45, 7) is 3.84. The standard InChI is InChI=1S/C13H15N3O/c1-8-3-5-10(6-4-8)7-11-9(2)15-13(14)16-12(11)17/h3-6H,7H2,1-2H3,(H3,14,15,16,17). The minimum atomic E-state index is -0.157. The van der Waals surface area contributed by atoms with E-state index in [1.54, 1.807) is 6.92 Å². The first kappa shape index (κ1) is 11.4. The molecule has 0 amide bonds. The lowest BCUT2D eigenvalue weighted by molar-refractivity contribution is 0.990. The van der Waals surface area contributed by atoms with E-state index in [4.69, 9.17) is 5.73 Å². The molecule has 4 heteroatoms. The molecule has 0 atom stereocenters. The van der Waals surface area contributed by atoms with Gasteiger partial charge in [-0.3, -0.25) is 9.78 Å². The van der Waals surface area contributed by atoms with Crippen LogP contribution >= 0.6 is 0 Å². The molecule has 1 aromatic carbocycles. The van der Waals surface area contributed by atoms with Crippen molar-refractivity contribution < 1.29 is 0 Å². The number of nitrogen functional groups attached to an aromatic ring is 1. The molecule has 0 saturated heterocycles. The molecule has 0 fully saturated rings. The first-order valence-electron chi connectivity index (χ1n) is 5.47. The van der Waals surface area contributed by atoms with Crippen LogP contribution in [0.25, 0.3) is 0 Å². The van der Waals surface area contributed by atoms with E-state index in [1.807, 2.05) is 31.2 Å². The summed E-state index contributed by atoms with van der Waals surface area (Å²) in [5.74, 6) is 0.167. The molecular formula is C13H15N3O. The number of nitrogens with one attached hydrogen (secondary N) is 1. The van der Waals surface area contributed by atoms with Crippen molar-refractivity contribution in [2.75, 3.05) is 5.73 Å². The smallest absolute Gasteiger partial charge is 0.256 e. The van der Waals surface area contributed by atoms with Crippen molar-refractivity contribution in [3.05, 3.63) is 57.0 Å². The van der Waals surface area contributed by atoms with Crippen LogP contribution < -0.4 is 11.3 Å². The molecule has 0 aliphatic rings. The Morgan fingerprint density at radius 2 is 1.88 bits per heavy atom. The Morgan fingerprint density at radius 3 is 2.47 bits per heavy atom. The van der Waals surface area contributed by atoms with Crippen molar-refractivity contribution in [1.82, 2.24) is 9.97 Å². The fraction of sp³-hybridized carbons (Fsp3) is 0.231. The van der Waals surface area contributed by atoms with Gasteiger partial charge in [0.05, 0.1) is 5.69 Å². The van der Waals surface area contributed by atoms with Crippen LogP contribution in [0.5, 0.6) is 0 Å². The monoisotopic (exact) mass is 229 g/mol. The van der Waals surface area contributed by atoms with Gasteiger partial charge in [0.25, 0.3) is 5.56 Å². The van der Waals surface area contributed by atoms with Crippen LogP contribution in [0, 0.1) is 13.8 Å². The molecule has 0 aliphatic heterocycles. The summed E-state index contributed by atoms with van der Waals surface area (Å²) in [5.41, 5.74) is 8.97. The van der Waals surface area contributed by atoms with Gasteiger partial charge in [0.15, 0.2) is 0 Å². The third-order valence-corrected chi connectivity index (χ3v) is 2.74. The molecule has 0 bridgehead atoms. The lowest BCUT2D eigenvalue weighted by atomic mass is 10.0. The number of nitrogens with two attached hydrogens (primary N) is 1.